The SMILES string of the molecule is CCc1cccc(C2CCN(C(=O)c3cc(O)c(O)cc3O)CC2)c1. The summed E-state index contributed by atoms with van der Waals surface area (Å²) in [6.45, 7) is 3.34. The minimum Gasteiger partial charge on any atom is -0.507 e. The number of hydrogen-bond acceptors (Lipinski definition) is 4. The zero-order chi connectivity index (χ0) is 18.0. The Morgan fingerprint density at radius 3 is 2.40 bits per heavy atom. The predicted octanol–water partition coefficient (Wildman–Crippen LogP) is 3.39. The third-order valence-electron chi connectivity index (χ3n) is 4.94. The van der Waals surface area contributed by atoms with E-state index in [4.69, 9.17) is 0 Å². The molecule has 0 atom stereocenters. The fourth-order valence-electron chi connectivity index (χ4n) is 3.39. The number of rotatable bonds is 3. The van der Waals surface area contributed by atoms with Gasteiger partial charge in [-0.15, -0.1) is 0 Å². The second-order valence-corrected chi connectivity index (χ2v) is 6.52. The molecule has 0 aromatic heterocycles. The van der Waals surface area contributed by atoms with Crippen LogP contribution in [0.1, 0.15) is 47.2 Å². The lowest BCUT2D eigenvalue weighted by Gasteiger charge is -2.32. The molecule has 0 aliphatic carbocycles. The number of aryl methyl sites for hydroxylation is 1. The van der Waals surface area contributed by atoms with Crippen LogP contribution in [-0.4, -0.2) is 39.2 Å². The molecule has 1 aliphatic heterocycles. The number of hydrogen-bond donors (Lipinski definition) is 3. The van der Waals surface area contributed by atoms with Crippen LogP contribution >= 0.6 is 0 Å². The van der Waals surface area contributed by atoms with E-state index in [1.54, 1.807) is 4.90 Å². The normalized spacial score (nSPS) is 15.3. The first-order valence-corrected chi connectivity index (χ1v) is 8.62. The van der Waals surface area contributed by atoms with Gasteiger partial charge < -0.3 is 20.2 Å². The molecule has 0 spiro atoms. The van der Waals surface area contributed by atoms with Crippen LogP contribution in [0.2, 0.25) is 0 Å². The summed E-state index contributed by atoms with van der Waals surface area (Å²) in [5.74, 6) is -1.07. The summed E-state index contributed by atoms with van der Waals surface area (Å²) in [5, 5.41) is 28.9. The number of carbonyl (C=O) groups excluding carboxylic acids is 1. The fourth-order valence-corrected chi connectivity index (χ4v) is 3.39. The van der Waals surface area contributed by atoms with E-state index < -0.39 is 11.5 Å². The van der Waals surface area contributed by atoms with Crippen molar-refractivity contribution < 1.29 is 20.1 Å². The molecule has 2 aromatic carbocycles. The first-order chi connectivity index (χ1) is 12.0. The van der Waals surface area contributed by atoms with Crippen molar-refractivity contribution in [3.05, 3.63) is 53.1 Å². The average Bonchev–Trinajstić information content (AvgIpc) is 2.64. The summed E-state index contributed by atoms with van der Waals surface area (Å²) >= 11 is 0. The number of benzene rings is 2. The van der Waals surface area contributed by atoms with E-state index >= 15 is 0 Å². The van der Waals surface area contributed by atoms with E-state index in [0.29, 0.717) is 19.0 Å². The van der Waals surface area contributed by atoms with Crippen LogP contribution in [0.25, 0.3) is 0 Å². The van der Waals surface area contributed by atoms with Crippen LogP contribution in [0, 0.1) is 0 Å². The van der Waals surface area contributed by atoms with E-state index in [0.717, 1.165) is 31.4 Å². The number of aromatic hydroxyl groups is 3. The van der Waals surface area contributed by atoms with Crippen LogP contribution < -0.4 is 0 Å². The maximum atomic E-state index is 12.6. The minimum atomic E-state index is -0.441. The van der Waals surface area contributed by atoms with Gasteiger partial charge in [0.25, 0.3) is 5.91 Å². The maximum absolute atomic E-state index is 12.6. The van der Waals surface area contributed by atoms with Crippen LogP contribution in [0.3, 0.4) is 0 Å². The third-order valence-corrected chi connectivity index (χ3v) is 4.94. The number of likely N-dealkylation sites (tertiary alicyclic amines) is 1. The van der Waals surface area contributed by atoms with Crippen LogP contribution in [-0.2, 0) is 6.42 Å². The lowest BCUT2D eigenvalue weighted by molar-refractivity contribution is 0.0709. The molecular weight excluding hydrogens is 318 g/mol. The van der Waals surface area contributed by atoms with Gasteiger partial charge in [-0.2, -0.15) is 0 Å². The highest BCUT2D eigenvalue weighted by Gasteiger charge is 2.26. The van der Waals surface area contributed by atoms with E-state index in [2.05, 4.69) is 31.2 Å². The van der Waals surface area contributed by atoms with Gasteiger partial charge in [0.15, 0.2) is 11.5 Å². The second-order valence-electron chi connectivity index (χ2n) is 6.52. The molecule has 0 radical (unpaired) electrons. The van der Waals surface area contributed by atoms with Crippen molar-refractivity contribution in [3.63, 3.8) is 0 Å². The zero-order valence-electron chi connectivity index (χ0n) is 14.3. The van der Waals surface area contributed by atoms with Crippen molar-refractivity contribution >= 4 is 5.91 Å². The standard InChI is InChI=1S/C20H23NO4/c1-2-13-4-3-5-15(10-13)14-6-8-21(9-7-14)20(25)16-11-18(23)19(24)12-17(16)22/h3-5,10-12,14,22-24H,2,6-9H2,1H3. The highest BCUT2D eigenvalue weighted by Crippen LogP contribution is 2.34. The molecule has 1 amide bonds. The van der Waals surface area contributed by atoms with Crippen molar-refractivity contribution in [3.8, 4) is 17.2 Å². The van der Waals surface area contributed by atoms with Crippen molar-refractivity contribution in [2.45, 2.75) is 32.1 Å². The second kappa shape index (κ2) is 7.05. The molecule has 0 unspecified atom stereocenters. The summed E-state index contributed by atoms with van der Waals surface area (Å²) in [6.07, 6.45) is 2.74. The Morgan fingerprint density at radius 2 is 1.72 bits per heavy atom. The molecule has 1 saturated heterocycles. The molecule has 5 heteroatoms. The summed E-state index contributed by atoms with van der Waals surface area (Å²) in [6, 6.07) is 10.7. The summed E-state index contributed by atoms with van der Waals surface area (Å²) in [7, 11) is 0. The van der Waals surface area contributed by atoms with E-state index in [9.17, 15) is 20.1 Å². The maximum Gasteiger partial charge on any atom is 0.257 e. The molecule has 25 heavy (non-hydrogen) atoms. The van der Waals surface area contributed by atoms with Crippen molar-refractivity contribution in [1.82, 2.24) is 4.90 Å². The Hall–Kier alpha value is -2.69. The molecule has 2 aromatic rings. The minimum absolute atomic E-state index is 0.0155. The number of piperidine rings is 1. The number of amides is 1. The highest BCUT2D eigenvalue weighted by atomic mass is 16.3. The zero-order valence-corrected chi connectivity index (χ0v) is 14.3. The van der Waals surface area contributed by atoms with Crippen LogP contribution in [0.5, 0.6) is 17.2 Å². The van der Waals surface area contributed by atoms with E-state index in [1.807, 2.05) is 0 Å². The molecule has 132 valence electrons. The predicted molar refractivity (Wildman–Crippen MR) is 95.1 cm³/mol. The number of phenols is 3. The molecule has 3 rings (SSSR count). The summed E-state index contributed by atoms with van der Waals surface area (Å²) < 4.78 is 0. The topological polar surface area (TPSA) is 81.0 Å². The number of carbonyl (C=O) groups is 1. The molecule has 5 nitrogen and oxygen atoms in total. The van der Waals surface area contributed by atoms with Gasteiger partial charge in [0.05, 0.1) is 5.56 Å². The Bertz CT molecular complexity index is 779. The molecule has 1 aliphatic rings. The van der Waals surface area contributed by atoms with Gasteiger partial charge in [0.1, 0.15) is 5.75 Å². The van der Waals surface area contributed by atoms with Gasteiger partial charge in [-0.1, -0.05) is 31.2 Å². The molecular formula is C20H23NO4. The van der Waals surface area contributed by atoms with Crippen molar-refractivity contribution in [1.29, 1.82) is 0 Å². The lowest BCUT2D eigenvalue weighted by atomic mass is 9.88. The molecule has 0 saturated carbocycles. The Kier molecular flexibility index (Phi) is 4.83. The van der Waals surface area contributed by atoms with Gasteiger partial charge in [0.2, 0.25) is 0 Å². The van der Waals surface area contributed by atoms with Gasteiger partial charge in [-0.25, -0.2) is 0 Å². The lowest BCUT2D eigenvalue weighted by Crippen LogP contribution is -2.38. The van der Waals surface area contributed by atoms with Gasteiger partial charge in [-0.3, -0.25) is 4.79 Å². The molecule has 1 fully saturated rings. The van der Waals surface area contributed by atoms with Gasteiger partial charge >= 0.3 is 0 Å². The van der Waals surface area contributed by atoms with Gasteiger partial charge in [0, 0.05) is 25.2 Å². The quantitative estimate of drug-likeness (QED) is 0.590. The van der Waals surface area contributed by atoms with Crippen LogP contribution in [0.4, 0.5) is 0 Å². The molecule has 1 heterocycles. The average molecular weight is 341 g/mol. The monoisotopic (exact) mass is 341 g/mol. The number of nitrogens with zero attached hydrogens (tertiary/aromatic N) is 1. The first kappa shape index (κ1) is 17.1. The summed E-state index contributed by atoms with van der Waals surface area (Å²) in [5.41, 5.74) is 2.65. The van der Waals surface area contributed by atoms with Crippen molar-refractivity contribution in [2.75, 3.05) is 13.1 Å². The largest absolute Gasteiger partial charge is 0.507 e. The summed E-state index contributed by atoms with van der Waals surface area (Å²) in [4.78, 5) is 14.3. The Balaban J connectivity index is 1.69. The molecule has 0 bridgehead atoms. The third kappa shape index (κ3) is 3.55. The number of phenolic OH excluding ortho intramolecular Hbond substituents is 3. The molecule has 3 N–H and O–H groups in total. The van der Waals surface area contributed by atoms with Gasteiger partial charge in [-0.05, 0) is 36.3 Å². The Morgan fingerprint density at radius 1 is 1.04 bits per heavy atom. The highest BCUT2D eigenvalue weighted by molar-refractivity contribution is 5.97. The van der Waals surface area contributed by atoms with E-state index in [1.165, 1.54) is 11.1 Å². The van der Waals surface area contributed by atoms with Crippen LogP contribution in [0.15, 0.2) is 36.4 Å². The van der Waals surface area contributed by atoms with Crippen molar-refractivity contribution in [2.24, 2.45) is 0 Å². The van der Waals surface area contributed by atoms with E-state index in [-0.39, 0.29) is 17.2 Å². The Labute approximate surface area is 147 Å². The smallest absolute Gasteiger partial charge is 0.257 e. The fraction of sp³-hybridized carbons (Fsp3) is 0.350. The first-order valence-electron chi connectivity index (χ1n) is 8.62.